The number of ketones is 1. The van der Waals surface area contributed by atoms with Gasteiger partial charge in [0.1, 0.15) is 0 Å². The first kappa shape index (κ1) is 24.9. The maximum atomic E-state index is 13.2. The summed E-state index contributed by atoms with van der Waals surface area (Å²) in [5, 5.41) is 7.17. The Hall–Kier alpha value is -5.20. The number of H-pyrrole nitrogens is 1. The molecule has 37 heavy (non-hydrogen) atoms. The van der Waals surface area contributed by atoms with Gasteiger partial charge in [0.15, 0.2) is 5.78 Å². The van der Waals surface area contributed by atoms with Crippen LogP contribution in [0.1, 0.15) is 15.9 Å². The molecular formula is C24H16F3N5O5. The molecule has 3 amide bonds. The van der Waals surface area contributed by atoms with Gasteiger partial charge < -0.3 is 20.4 Å². The van der Waals surface area contributed by atoms with Crippen LogP contribution in [0.4, 0.5) is 40.1 Å². The smallest absolute Gasteiger partial charge is 0.369 e. The van der Waals surface area contributed by atoms with Gasteiger partial charge in [-0.25, -0.2) is 19.4 Å². The van der Waals surface area contributed by atoms with Crippen LogP contribution >= 0.6 is 0 Å². The fourth-order valence-electron chi connectivity index (χ4n) is 3.23. The molecule has 0 saturated heterocycles. The number of rotatable bonds is 5. The van der Waals surface area contributed by atoms with E-state index in [0.29, 0.717) is 5.69 Å². The van der Waals surface area contributed by atoms with Crippen molar-refractivity contribution in [2.45, 2.75) is 6.18 Å². The van der Waals surface area contributed by atoms with Crippen molar-refractivity contribution in [2.24, 2.45) is 0 Å². The number of carbonyl (C=O) groups excluding carboxylic acids is 4. The quantitative estimate of drug-likeness (QED) is 0.167. The minimum atomic E-state index is -5.34. The Morgan fingerprint density at radius 3 is 2.27 bits per heavy atom. The van der Waals surface area contributed by atoms with Crippen molar-refractivity contribution >= 4 is 52.2 Å². The number of esters is 1. The van der Waals surface area contributed by atoms with Gasteiger partial charge in [0, 0.05) is 16.8 Å². The Bertz CT molecular complexity index is 1500. The summed E-state index contributed by atoms with van der Waals surface area (Å²) in [5.41, 5.74) is 1.72. The van der Waals surface area contributed by atoms with Crippen LogP contribution < -0.4 is 16.0 Å². The highest BCUT2D eigenvalue weighted by Gasteiger charge is 2.42. The highest BCUT2D eigenvalue weighted by molar-refractivity contribution is 6.15. The van der Waals surface area contributed by atoms with Crippen LogP contribution in [0.3, 0.4) is 0 Å². The molecule has 0 radical (unpaired) electrons. The lowest BCUT2D eigenvalue weighted by molar-refractivity contribution is -0.192. The van der Waals surface area contributed by atoms with E-state index in [1.54, 1.807) is 48.5 Å². The predicted molar refractivity (Wildman–Crippen MR) is 126 cm³/mol. The monoisotopic (exact) mass is 511 g/mol. The van der Waals surface area contributed by atoms with Gasteiger partial charge >= 0.3 is 24.3 Å². The molecule has 0 fully saturated rings. The number of aromatic amines is 1. The molecule has 0 atom stereocenters. The molecule has 4 aromatic rings. The van der Waals surface area contributed by atoms with Gasteiger partial charge in [-0.3, -0.25) is 10.1 Å². The summed E-state index contributed by atoms with van der Waals surface area (Å²) in [7, 11) is 0. The van der Waals surface area contributed by atoms with Gasteiger partial charge in [-0.2, -0.15) is 13.2 Å². The average molecular weight is 511 g/mol. The molecule has 0 bridgehead atoms. The molecule has 1 heterocycles. The molecule has 188 valence electrons. The second-order valence-electron chi connectivity index (χ2n) is 7.44. The van der Waals surface area contributed by atoms with Crippen LogP contribution in [0.5, 0.6) is 0 Å². The van der Waals surface area contributed by atoms with Crippen molar-refractivity contribution in [3.05, 3.63) is 83.9 Å². The third kappa shape index (κ3) is 6.08. The number of carbonyl (C=O) groups is 4. The summed E-state index contributed by atoms with van der Waals surface area (Å²) in [6, 6.07) is 18.8. The lowest BCUT2D eigenvalue weighted by atomic mass is 10.0. The summed E-state index contributed by atoms with van der Waals surface area (Å²) >= 11 is 0. The van der Waals surface area contributed by atoms with Gasteiger partial charge in [-0.1, -0.05) is 30.3 Å². The molecule has 0 spiro atoms. The number of anilines is 3. The van der Waals surface area contributed by atoms with Gasteiger partial charge in [0.05, 0.1) is 16.7 Å². The number of nitrogens with one attached hydrogen (secondary N) is 4. The molecule has 13 heteroatoms. The standard InChI is InChI=1S/C24H16F3N5O5/c25-24(26,27)20(34)37-23(36)32-21-29-17-11-10-13(12-18(17)30-21)19(33)15-8-4-5-9-16(15)31-22(35)28-14-6-2-1-3-7-14/h1-12H,(H2,28,31,35)(H2,29,30,32,36). The van der Waals surface area contributed by atoms with Crippen LogP contribution in [-0.2, 0) is 9.53 Å². The zero-order chi connectivity index (χ0) is 26.6. The van der Waals surface area contributed by atoms with Crippen LogP contribution in [0.2, 0.25) is 0 Å². The van der Waals surface area contributed by atoms with E-state index in [0.717, 1.165) is 0 Å². The largest absolute Gasteiger partial charge is 0.491 e. The number of alkyl halides is 3. The number of aromatic nitrogens is 2. The van der Waals surface area contributed by atoms with Gasteiger partial charge in [0.25, 0.3) is 0 Å². The Morgan fingerprint density at radius 1 is 0.838 bits per heavy atom. The van der Waals surface area contributed by atoms with E-state index in [2.05, 4.69) is 25.3 Å². The van der Waals surface area contributed by atoms with E-state index in [1.807, 2.05) is 5.32 Å². The van der Waals surface area contributed by atoms with Crippen molar-refractivity contribution < 1.29 is 37.1 Å². The van der Waals surface area contributed by atoms with Gasteiger partial charge in [-0.15, -0.1) is 0 Å². The molecule has 0 aliphatic rings. The number of para-hydroxylation sites is 2. The summed E-state index contributed by atoms with van der Waals surface area (Å²) in [6.45, 7) is 0. The summed E-state index contributed by atoms with van der Waals surface area (Å²) in [5.74, 6) is -3.44. The summed E-state index contributed by atoms with van der Waals surface area (Å²) < 4.78 is 40.4. The number of hydrogen-bond acceptors (Lipinski definition) is 6. The fourth-order valence-corrected chi connectivity index (χ4v) is 3.23. The van der Waals surface area contributed by atoms with E-state index in [4.69, 9.17) is 0 Å². The van der Waals surface area contributed by atoms with Gasteiger partial charge in [0.2, 0.25) is 5.95 Å². The highest BCUT2D eigenvalue weighted by atomic mass is 19.4. The van der Waals surface area contributed by atoms with E-state index >= 15 is 0 Å². The molecule has 4 N–H and O–H groups in total. The van der Waals surface area contributed by atoms with Crippen molar-refractivity contribution in [2.75, 3.05) is 16.0 Å². The lowest BCUT2D eigenvalue weighted by Crippen LogP contribution is -2.30. The number of hydrogen-bond donors (Lipinski definition) is 4. The highest BCUT2D eigenvalue weighted by Crippen LogP contribution is 2.23. The maximum Gasteiger partial charge on any atom is 0.491 e. The van der Waals surface area contributed by atoms with E-state index in [-0.39, 0.29) is 33.8 Å². The van der Waals surface area contributed by atoms with Crippen molar-refractivity contribution in [3.63, 3.8) is 0 Å². The number of nitrogens with zero attached hydrogens (tertiary/aromatic N) is 1. The summed E-state index contributed by atoms with van der Waals surface area (Å²) in [4.78, 5) is 54.5. The zero-order valence-electron chi connectivity index (χ0n) is 18.6. The fraction of sp³-hybridized carbons (Fsp3) is 0.0417. The number of fused-ring (bicyclic) bond motifs is 1. The van der Waals surface area contributed by atoms with Crippen LogP contribution in [-0.4, -0.2) is 40.0 Å². The number of amides is 3. The van der Waals surface area contributed by atoms with Crippen LogP contribution in [0.15, 0.2) is 72.8 Å². The summed E-state index contributed by atoms with van der Waals surface area (Å²) in [6.07, 6.45) is -7.03. The number of benzene rings is 3. The number of halogens is 3. The normalized spacial score (nSPS) is 11.0. The third-order valence-electron chi connectivity index (χ3n) is 4.83. The number of urea groups is 1. The van der Waals surface area contributed by atoms with Crippen LogP contribution in [0, 0.1) is 0 Å². The van der Waals surface area contributed by atoms with Crippen molar-refractivity contribution in [1.29, 1.82) is 0 Å². The molecule has 4 rings (SSSR count). The molecule has 0 aliphatic heterocycles. The van der Waals surface area contributed by atoms with E-state index in [1.165, 1.54) is 24.3 Å². The first-order chi connectivity index (χ1) is 17.6. The molecule has 3 aromatic carbocycles. The SMILES string of the molecule is O=C(Nc1ccccc1)Nc1ccccc1C(=O)c1ccc2nc(NC(=O)OC(=O)C(F)(F)F)[nH]c2c1. The molecule has 1 aromatic heterocycles. The van der Waals surface area contributed by atoms with Crippen molar-refractivity contribution in [3.8, 4) is 0 Å². The van der Waals surface area contributed by atoms with Gasteiger partial charge in [-0.05, 0) is 42.5 Å². The Balaban J connectivity index is 1.50. The number of ether oxygens (including phenoxy) is 1. The lowest BCUT2D eigenvalue weighted by Gasteiger charge is -2.11. The first-order valence-electron chi connectivity index (χ1n) is 10.5. The minimum absolute atomic E-state index is 0.190. The minimum Gasteiger partial charge on any atom is -0.369 e. The Morgan fingerprint density at radius 2 is 1.54 bits per heavy atom. The Labute approximate surface area is 205 Å². The topological polar surface area (TPSA) is 142 Å². The van der Waals surface area contributed by atoms with E-state index in [9.17, 15) is 32.3 Å². The van der Waals surface area contributed by atoms with E-state index < -0.39 is 30.1 Å². The maximum absolute atomic E-state index is 13.2. The third-order valence-corrected chi connectivity index (χ3v) is 4.83. The average Bonchev–Trinajstić information content (AvgIpc) is 3.25. The molecule has 10 nitrogen and oxygen atoms in total. The van der Waals surface area contributed by atoms with Crippen LogP contribution in [0.25, 0.3) is 11.0 Å². The molecular weight excluding hydrogens is 495 g/mol. The first-order valence-corrected chi connectivity index (χ1v) is 10.5. The number of imidazole rings is 1. The molecule has 0 unspecified atom stereocenters. The zero-order valence-corrected chi connectivity index (χ0v) is 18.6. The van der Waals surface area contributed by atoms with Crippen molar-refractivity contribution in [1.82, 2.24) is 9.97 Å². The molecule has 0 saturated carbocycles. The second kappa shape index (κ2) is 10.2. The second-order valence-corrected chi connectivity index (χ2v) is 7.44. The predicted octanol–water partition coefficient (Wildman–Crippen LogP) is 5.08. The molecule has 0 aliphatic carbocycles. The Kier molecular flexibility index (Phi) is 6.86.